The number of hydrogen-bond donors (Lipinski definition) is 2. The van der Waals surface area contributed by atoms with Crippen LogP contribution in [0.4, 0.5) is 0 Å². The summed E-state index contributed by atoms with van der Waals surface area (Å²) in [5.74, 6) is 3.03. The van der Waals surface area contributed by atoms with Crippen molar-refractivity contribution in [2.45, 2.75) is 53.4 Å². The second kappa shape index (κ2) is 10.6. The fourth-order valence-electron chi connectivity index (χ4n) is 3.77. The SMILES string of the molecule is CCc1[nH]n2nc(C(C)C)nc2c1Oc1ccc(C(=O)NCCCOc2ccc(C)cc2C)cc1. The Kier molecular flexibility index (Phi) is 7.39. The number of nitrogens with zero attached hydrogens (tertiary/aromatic N) is 3. The predicted molar refractivity (Wildman–Crippen MR) is 136 cm³/mol. The number of benzene rings is 2. The van der Waals surface area contributed by atoms with Gasteiger partial charge in [-0.15, -0.1) is 9.73 Å². The van der Waals surface area contributed by atoms with Crippen LogP contribution in [0.25, 0.3) is 5.65 Å². The molecule has 2 N–H and O–H groups in total. The lowest BCUT2D eigenvalue weighted by Crippen LogP contribution is -2.25. The molecule has 0 saturated heterocycles. The molecule has 8 nitrogen and oxygen atoms in total. The van der Waals surface area contributed by atoms with Gasteiger partial charge < -0.3 is 14.8 Å². The zero-order valence-corrected chi connectivity index (χ0v) is 21.0. The summed E-state index contributed by atoms with van der Waals surface area (Å²) in [5.41, 5.74) is 4.49. The molecule has 0 spiro atoms. The molecule has 4 rings (SSSR count). The van der Waals surface area contributed by atoms with E-state index in [1.54, 1.807) is 28.9 Å². The first-order valence-electron chi connectivity index (χ1n) is 12.1. The van der Waals surface area contributed by atoms with Crippen LogP contribution in [-0.4, -0.2) is 38.9 Å². The van der Waals surface area contributed by atoms with Crippen molar-refractivity contribution in [2.24, 2.45) is 0 Å². The molecule has 8 heteroatoms. The van der Waals surface area contributed by atoms with E-state index in [0.29, 0.717) is 35.9 Å². The number of H-pyrrole nitrogens is 1. The third-order valence-corrected chi connectivity index (χ3v) is 5.74. The second-order valence-corrected chi connectivity index (χ2v) is 8.99. The van der Waals surface area contributed by atoms with Crippen LogP contribution < -0.4 is 14.8 Å². The molecule has 0 saturated carbocycles. The molecule has 0 unspecified atom stereocenters. The van der Waals surface area contributed by atoms with E-state index in [1.165, 1.54) is 5.56 Å². The molecule has 0 atom stereocenters. The zero-order valence-electron chi connectivity index (χ0n) is 21.0. The summed E-state index contributed by atoms with van der Waals surface area (Å²) in [5, 5.41) is 10.7. The fourth-order valence-corrected chi connectivity index (χ4v) is 3.77. The average molecular weight is 476 g/mol. The van der Waals surface area contributed by atoms with Crippen molar-refractivity contribution in [1.29, 1.82) is 0 Å². The summed E-state index contributed by atoms with van der Waals surface area (Å²) in [7, 11) is 0. The van der Waals surface area contributed by atoms with Crippen LogP contribution in [0, 0.1) is 13.8 Å². The molecule has 2 aromatic carbocycles. The van der Waals surface area contributed by atoms with Crippen LogP contribution in [0.2, 0.25) is 0 Å². The van der Waals surface area contributed by atoms with Crippen LogP contribution in [0.5, 0.6) is 17.2 Å². The largest absolute Gasteiger partial charge is 0.493 e. The number of carbonyl (C=O) groups is 1. The first-order valence-corrected chi connectivity index (χ1v) is 12.1. The van der Waals surface area contributed by atoms with Crippen molar-refractivity contribution in [3.05, 3.63) is 70.7 Å². The van der Waals surface area contributed by atoms with Gasteiger partial charge in [-0.3, -0.25) is 9.89 Å². The highest BCUT2D eigenvalue weighted by Gasteiger charge is 2.19. The summed E-state index contributed by atoms with van der Waals surface area (Å²) >= 11 is 0. The lowest BCUT2D eigenvalue weighted by atomic mass is 10.1. The first-order chi connectivity index (χ1) is 16.9. The molecule has 184 valence electrons. The van der Waals surface area contributed by atoms with E-state index >= 15 is 0 Å². The summed E-state index contributed by atoms with van der Waals surface area (Å²) in [6.45, 7) is 11.3. The van der Waals surface area contributed by atoms with Crippen molar-refractivity contribution in [3.63, 3.8) is 0 Å². The standard InChI is InChI=1S/C27H33N5O3/c1-6-22-24(26-29-25(17(2)3)31-32(26)30-22)35-21-11-9-20(10-12-21)27(33)28-14-7-15-34-23-13-8-18(4)16-19(23)5/h8-13,16-17,30H,6-7,14-15H2,1-5H3,(H,28,33). The third-order valence-electron chi connectivity index (χ3n) is 5.74. The summed E-state index contributed by atoms with van der Waals surface area (Å²) < 4.78 is 13.6. The van der Waals surface area contributed by atoms with E-state index in [2.05, 4.69) is 47.3 Å². The zero-order chi connectivity index (χ0) is 24.9. The number of aromatic nitrogens is 4. The Hall–Kier alpha value is -3.81. The van der Waals surface area contributed by atoms with E-state index in [4.69, 9.17) is 9.47 Å². The number of rotatable bonds is 10. The minimum atomic E-state index is -0.125. The number of amides is 1. The van der Waals surface area contributed by atoms with Crippen molar-refractivity contribution in [3.8, 4) is 17.2 Å². The Morgan fingerprint density at radius 1 is 1.14 bits per heavy atom. The molecule has 2 heterocycles. The van der Waals surface area contributed by atoms with Gasteiger partial charge in [0, 0.05) is 18.0 Å². The van der Waals surface area contributed by atoms with Gasteiger partial charge in [0.25, 0.3) is 5.91 Å². The molecular formula is C27H33N5O3. The van der Waals surface area contributed by atoms with E-state index in [-0.39, 0.29) is 11.8 Å². The quantitative estimate of drug-likeness (QED) is 0.302. The Labute approximate surface area is 205 Å². The summed E-state index contributed by atoms with van der Waals surface area (Å²) in [6.07, 6.45) is 1.48. The highest BCUT2D eigenvalue weighted by Crippen LogP contribution is 2.30. The average Bonchev–Trinajstić information content (AvgIpc) is 3.39. The van der Waals surface area contributed by atoms with E-state index < -0.39 is 0 Å². The highest BCUT2D eigenvalue weighted by atomic mass is 16.5. The summed E-state index contributed by atoms with van der Waals surface area (Å²) in [6, 6.07) is 13.2. The monoisotopic (exact) mass is 475 g/mol. The minimum Gasteiger partial charge on any atom is -0.493 e. The van der Waals surface area contributed by atoms with Crippen molar-refractivity contribution >= 4 is 11.6 Å². The fraction of sp³-hybridized carbons (Fsp3) is 0.370. The van der Waals surface area contributed by atoms with Crippen molar-refractivity contribution in [2.75, 3.05) is 13.2 Å². The highest BCUT2D eigenvalue weighted by molar-refractivity contribution is 5.94. The molecular weight excluding hydrogens is 442 g/mol. The third kappa shape index (κ3) is 5.65. The number of fused-ring (bicyclic) bond motifs is 1. The van der Waals surface area contributed by atoms with E-state index in [9.17, 15) is 4.79 Å². The van der Waals surface area contributed by atoms with Gasteiger partial charge in [-0.25, -0.2) is 4.98 Å². The van der Waals surface area contributed by atoms with Gasteiger partial charge in [0.15, 0.2) is 11.6 Å². The van der Waals surface area contributed by atoms with Crippen LogP contribution in [0.1, 0.15) is 66.1 Å². The van der Waals surface area contributed by atoms with Gasteiger partial charge in [-0.1, -0.05) is 38.5 Å². The molecule has 0 aliphatic heterocycles. The Balaban J connectivity index is 1.31. The van der Waals surface area contributed by atoms with Crippen LogP contribution in [0.3, 0.4) is 0 Å². The molecule has 0 aliphatic carbocycles. The maximum absolute atomic E-state index is 12.5. The normalized spacial score (nSPS) is 11.3. The molecule has 0 aliphatic rings. The van der Waals surface area contributed by atoms with E-state index in [1.807, 2.05) is 26.0 Å². The van der Waals surface area contributed by atoms with Gasteiger partial charge in [0.1, 0.15) is 11.5 Å². The van der Waals surface area contributed by atoms with Crippen molar-refractivity contribution < 1.29 is 14.3 Å². The topological polar surface area (TPSA) is 93.5 Å². The Morgan fingerprint density at radius 2 is 1.91 bits per heavy atom. The molecule has 2 aromatic heterocycles. The van der Waals surface area contributed by atoms with Crippen LogP contribution >= 0.6 is 0 Å². The van der Waals surface area contributed by atoms with Gasteiger partial charge in [-0.05, 0) is 62.6 Å². The van der Waals surface area contributed by atoms with Crippen LogP contribution in [0.15, 0.2) is 42.5 Å². The van der Waals surface area contributed by atoms with Gasteiger partial charge in [0.05, 0.1) is 12.3 Å². The Bertz CT molecular complexity index is 1300. The first kappa shape index (κ1) is 24.3. The van der Waals surface area contributed by atoms with E-state index in [0.717, 1.165) is 35.7 Å². The summed E-state index contributed by atoms with van der Waals surface area (Å²) in [4.78, 5) is 17.1. The second-order valence-electron chi connectivity index (χ2n) is 8.99. The predicted octanol–water partition coefficient (Wildman–Crippen LogP) is 5.35. The molecule has 0 bridgehead atoms. The molecule has 4 aromatic rings. The number of carbonyl (C=O) groups excluding carboxylic acids is 1. The number of ether oxygens (including phenoxy) is 2. The smallest absolute Gasteiger partial charge is 0.251 e. The number of aromatic amines is 1. The maximum Gasteiger partial charge on any atom is 0.251 e. The van der Waals surface area contributed by atoms with Gasteiger partial charge in [-0.2, -0.15) is 0 Å². The molecule has 1 amide bonds. The molecule has 0 radical (unpaired) electrons. The molecule has 35 heavy (non-hydrogen) atoms. The molecule has 0 fully saturated rings. The Morgan fingerprint density at radius 3 is 2.60 bits per heavy atom. The van der Waals surface area contributed by atoms with Gasteiger partial charge in [0.2, 0.25) is 5.65 Å². The van der Waals surface area contributed by atoms with Gasteiger partial charge >= 0.3 is 0 Å². The number of hydrogen-bond acceptors (Lipinski definition) is 5. The lowest BCUT2D eigenvalue weighted by molar-refractivity contribution is 0.0951. The van der Waals surface area contributed by atoms with Crippen molar-refractivity contribution in [1.82, 2.24) is 25.1 Å². The maximum atomic E-state index is 12.5. The number of nitrogens with one attached hydrogen (secondary N) is 2. The number of aryl methyl sites for hydroxylation is 3. The van der Waals surface area contributed by atoms with Crippen LogP contribution in [-0.2, 0) is 6.42 Å². The lowest BCUT2D eigenvalue weighted by Gasteiger charge is -2.10. The minimum absolute atomic E-state index is 0.125.